The number of aliphatic hydroxyl groups is 1. The Kier molecular flexibility index (Phi) is 60.2. The van der Waals surface area contributed by atoms with Crippen molar-refractivity contribution < 1.29 is 80.2 Å². The van der Waals surface area contributed by atoms with Gasteiger partial charge in [-0.25, -0.2) is 9.13 Å². The molecule has 0 radical (unpaired) electrons. The van der Waals surface area contributed by atoms with Crippen molar-refractivity contribution in [2.75, 3.05) is 39.6 Å². The molecule has 0 aromatic carbocycles. The molecule has 0 spiro atoms. The minimum atomic E-state index is -4.95. The number of hydrogen-bond donors (Lipinski definition) is 3. The van der Waals surface area contributed by atoms with Gasteiger partial charge in [-0.05, 0) is 31.6 Å². The molecule has 6 atom stereocenters. The number of aliphatic hydroxyl groups excluding tert-OH is 1. The predicted octanol–water partition coefficient (Wildman–Crippen LogP) is 19.4. The summed E-state index contributed by atoms with van der Waals surface area (Å²) in [6.07, 6.45) is 46.9. The lowest BCUT2D eigenvalue weighted by Crippen LogP contribution is -2.30. The van der Waals surface area contributed by atoms with Gasteiger partial charge in [0.05, 0.1) is 26.4 Å². The fraction of sp³-hybridized carbons (Fsp3) is 0.941. The van der Waals surface area contributed by atoms with Crippen LogP contribution < -0.4 is 0 Å². The maximum atomic E-state index is 13.0. The lowest BCUT2D eigenvalue weighted by Gasteiger charge is -2.21. The van der Waals surface area contributed by atoms with Gasteiger partial charge in [0.2, 0.25) is 0 Å². The fourth-order valence-electron chi connectivity index (χ4n) is 10.3. The third-order valence-corrected chi connectivity index (χ3v) is 18.0. The van der Waals surface area contributed by atoms with E-state index in [-0.39, 0.29) is 25.7 Å². The van der Waals surface area contributed by atoms with Gasteiger partial charge < -0.3 is 33.8 Å². The Morgan fingerprint density at radius 1 is 0.322 bits per heavy atom. The molecule has 87 heavy (non-hydrogen) atoms. The highest BCUT2D eigenvalue weighted by Gasteiger charge is 2.30. The molecule has 17 nitrogen and oxygen atoms in total. The van der Waals surface area contributed by atoms with Crippen LogP contribution in [-0.4, -0.2) is 96.7 Å². The van der Waals surface area contributed by atoms with Crippen molar-refractivity contribution in [2.45, 2.75) is 368 Å². The van der Waals surface area contributed by atoms with Crippen molar-refractivity contribution in [3.63, 3.8) is 0 Å². The Hall–Kier alpha value is -1.94. The van der Waals surface area contributed by atoms with Gasteiger partial charge in [-0.15, -0.1) is 0 Å². The van der Waals surface area contributed by atoms with E-state index in [1.165, 1.54) is 173 Å². The van der Waals surface area contributed by atoms with Gasteiger partial charge in [0.25, 0.3) is 0 Å². The average molecular weight is 1280 g/mol. The third-order valence-electron chi connectivity index (χ3n) is 16.1. The SMILES string of the molecule is CCCCCCCCCCCCCCCC(=O)O[C@H](COC(=O)CCCCCCCCCCC(C)CC)COP(=O)(O)OC[C@@H](O)COP(=O)(O)OC[C@@H](COC(=O)CCCCCCCCCCCC)OC(=O)CCCCCCCCCCCCCC. The van der Waals surface area contributed by atoms with Crippen molar-refractivity contribution in [1.82, 2.24) is 0 Å². The van der Waals surface area contributed by atoms with Crippen LogP contribution in [-0.2, 0) is 65.4 Å². The molecule has 0 heterocycles. The number of phosphoric acid groups is 2. The molecule has 0 saturated carbocycles. The van der Waals surface area contributed by atoms with E-state index < -0.39 is 97.5 Å². The molecule has 0 saturated heterocycles. The van der Waals surface area contributed by atoms with Crippen LogP contribution in [0.1, 0.15) is 349 Å². The molecule has 0 bridgehead atoms. The molecule has 3 unspecified atom stereocenters. The number of hydrogen-bond acceptors (Lipinski definition) is 15. The van der Waals surface area contributed by atoms with Crippen molar-refractivity contribution >= 4 is 39.5 Å². The number of rotatable bonds is 68. The van der Waals surface area contributed by atoms with Crippen molar-refractivity contribution in [3.8, 4) is 0 Å². The van der Waals surface area contributed by atoms with E-state index in [0.29, 0.717) is 25.7 Å². The van der Waals surface area contributed by atoms with Crippen LogP contribution in [0.15, 0.2) is 0 Å². The van der Waals surface area contributed by atoms with Gasteiger partial charge in [-0.1, -0.05) is 298 Å². The summed E-state index contributed by atoms with van der Waals surface area (Å²) in [4.78, 5) is 72.4. The summed E-state index contributed by atoms with van der Waals surface area (Å²) in [5.74, 6) is -1.35. The molecule has 0 aromatic heterocycles. The van der Waals surface area contributed by atoms with Crippen molar-refractivity contribution in [1.29, 1.82) is 0 Å². The first kappa shape index (κ1) is 85.1. The molecule has 0 rings (SSSR count). The van der Waals surface area contributed by atoms with E-state index in [1.807, 2.05) is 0 Å². The van der Waals surface area contributed by atoms with Crippen molar-refractivity contribution in [3.05, 3.63) is 0 Å². The zero-order valence-corrected chi connectivity index (χ0v) is 57.9. The van der Waals surface area contributed by atoms with E-state index in [0.717, 1.165) is 95.8 Å². The van der Waals surface area contributed by atoms with E-state index in [9.17, 15) is 43.2 Å². The van der Waals surface area contributed by atoms with Crippen LogP contribution >= 0.6 is 15.6 Å². The van der Waals surface area contributed by atoms with E-state index >= 15 is 0 Å². The molecule has 0 amide bonds. The maximum Gasteiger partial charge on any atom is 0.472 e. The minimum absolute atomic E-state index is 0.107. The Labute approximate surface area is 530 Å². The Bertz CT molecular complexity index is 1690. The maximum absolute atomic E-state index is 13.0. The lowest BCUT2D eigenvalue weighted by atomic mass is 9.99. The third kappa shape index (κ3) is 61.3. The van der Waals surface area contributed by atoms with Gasteiger partial charge in [0.1, 0.15) is 19.3 Å². The quantitative estimate of drug-likeness (QED) is 0.0222. The van der Waals surface area contributed by atoms with Gasteiger partial charge >= 0.3 is 39.5 Å². The molecule has 19 heteroatoms. The standard InChI is InChI=1S/C68H132O17P2/c1-6-10-13-16-19-22-25-27-29-32-39-44-49-54-68(73)85-64(58-79-66(71)52-47-42-37-34-33-35-40-45-50-61(5)9-4)60-83-87(76,77)81-56-62(69)55-80-86(74,75)82-59-63(57-78-65(70)51-46-41-36-30-24-21-18-15-12-8-3)84-67(72)53-48-43-38-31-28-26-23-20-17-14-11-7-2/h61-64,69H,6-60H2,1-5H3,(H,74,75)(H,76,77)/t61?,62-,63+,64+/m0/s1. The molecule has 516 valence electrons. The second kappa shape index (κ2) is 61.6. The fourth-order valence-corrected chi connectivity index (χ4v) is 11.8. The van der Waals surface area contributed by atoms with Crippen LogP contribution in [0.2, 0.25) is 0 Å². The summed E-state index contributed by atoms with van der Waals surface area (Å²) in [5.41, 5.74) is 0. The first-order valence-electron chi connectivity index (χ1n) is 35.7. The van der Waals surface area contributed by atoms with E-state index in [4.69, 9.17) is 37.0 Å². The Balaban J connectivity index is 5.25. The first-order valence-corrected chi connectivity index (χ1v) is 38.7. The second-order valence-electron chi connectivity index (χ2n) is 24.8. The number of esters is 4. The second-order valence-corrected chi connectivity index (χ2v) is 27.7. The van der Waals surface area contributed by atoms with Crippen LogP contribution in [0.4, 0.5) is 0 Å². The van der Waals surface area contributed by atoms with Crippen LogP contribution in [0.3, 0.4) is 0 Å². The molecule has 0 aliphatic carbocycles. The van der Waals surface area contributed by atoms with E-state index in [1.54, 1.807) is 0 Å². The van der Waals surface area contributed by atoms with Crippen LogP contribution in [0.5, 0.6) is 0 Å². The normalized spacial score (nSPS) is 14.4. The highest BCUT2D eigenvalue weighted by molar-refractivity contribution is 7.47. The summed E-state index contributed by atoms with van der Waals surface area (Å²) in [5, 5.41) is 10.6. The average Bonchev–Trinajstić information content (AvgIpc) is 3.64. The van der Waals surface area contributed by atoms with Gasteiger partial charge in [0, 0.05) is 25.7 Å². The lowest BCUT2D eigenvalue weighted by molar-refractivity contribution is -0.161. The summed E-state index contributed by atoms with van der Waals surface area (Å²) >= 11 is 0. The van der Waals surface area contributed by atoms with Gasteiger partial charge in [0.15, 0.2) is 12.2 Å². The number of phosphoric ester groups is 2. The molecular weight excluding hydrogens is 1150 g/mol. The molecule has 0 aliphatic heterocycles. The first-order chi connectivity index (χ1) is 42.1. The molecule has 0 aromatic rings. The predicted molar refractivity (Wildman–Crippen MR) is 349 cm³/mol. The Morgan fingerprint density at radius 3 is 0.816 bits per heavy atom. The molecule has 0 aliphatic rings. The topological polar surface area (TPSA) is 237 Å². The summed E-state index contributed by atoms with van der Waals surface area (Å²) in [6, 6.07) is 0. The largest absolute Gasteiger partial charge is 0.472 e. The van der Waals surface area contributed by atoms with Crippen LogP contribution in [0.25, 0.3) is 0 Å². The summed E-state index contributed by atoms with van der Waals surface area (Å²) < 4.78 is 68.2. The summed E-state index contributed by atoms with van der Waals surface area (Å²) in [6.45, 7) is 7.23. The van der Waals surface area contributed by atoms with Gasteiger partial charge in [-0.3, -0.25) is 37.3 Å². The smallest absolute Gasteiger partial charge is 0.462 e. The number of unbranched alkanes of at least 4 members (excludes halogenated alkanes) is 39. The summed E-state index contributed by atoms with van der Waals surface area (Å²) in [7, 11) is -9.89. The molecule has 3 N–H and O–H groups in total. The minimum Gasteiger partial charge on any atom is -0.462 e. The number of carbonyl (C=O) groups excluding carboxylic acids is 4. The number of ether oxygens (including phenoxy) is 4. The monoisotopic (exact) mass is 1280 g/mol. The molecule has 0 fully saturated rings. The zero-order valence-electron chi connectivity index (χ0n) is 56.2. The van der Waals surface area contributed by atoms with Crippen molar-refractivity contribution in [2.24, 2.45) is 5.92 Å². The highest BCUT2D eigenvalue weighted by atomic mass is 31.2. The highest BCUT2D eigenvalue weighted by Crippen LogP contribution is 2.45. The van der Waals surface area contributed by atoms with Gasteiger partial charge in [-0.2, -0.15) is 0 Å². The van der Waals surface area contributed by atoms with E-state index in [2.05, 4.69) is 34.6 Å². The number of carbonyl (C=O) groups is 4. The van der Waals surface area contributed by atoms with Crippen LogP contribution in [0, 0.1) is 5.92 Å². The molecular formula is C68H132O17P2. The Morgan fingerprint density at radius 2 is 0.552 bits per heavy atom. The zero-order chi connectivity index (χ0) is 64.2.